The van der Waals surface area contributed by atoms with E-state index >= 15 is 0 Å². The molecule has 0 aliphatic carbocycles. The molecule has 0 fully saturated rings. The second kappa shape index (κ2) is 3.73. The zero-order chi connectivity index (χ0) is 10.8. The van der Waals surface area contributed by atoms with Crippen LogP contribution in [0.25, 0.3) is 11.3 Å². The number of aromatic nitrogens is 2. The van der Waals surface area contributed by atoms with Crippen molar-refractivity contribution >= 4 is 5.82 Å². The molecule has 1 heterocycles. The number of nitrogen functional groups attached to an aromatic ring is 1. The van der Waals surface area contributed by atoms with Gasteiger partial charge in [0.25, 0.3) is 0 Å². The largest absolute Gasteiger partial charge is 0.382 e. The van der Waals surface area contributed by atoms with E-state index in [9.17, 15) is 4.39 Å². The van der Waals surface area contributed by atoms with Crippen LogP contribution in [0, 0.1) is 5.82 Å². The average molecular weight is 205 g/mol. The quantitative estimate of drug-likeness (QED) is 0.817. The Morgan fingerprint density at radius 3 is 2.80 bits per heavy atom. The maximum Gasteiger partial charge on any atom is 0.146 e. The van der Waals surface area contributed by atoms with E-state index in [0.717, 1.165) is 0 Å². The molecule has 0 spiro atoms. The summed E-state index contributed by atoms with van der Waals surface area (Å²) in [4.78, 5) is 0. The Hall–Kier alpha value is -1.84. The van der Waals surface area contributed by atoms with E-state index in [-0.39, 0.29) is 5.82 Å². The van der Waals surface area contributed by atoms with Crippen LogP contribution in [0.5, 0.6) is 0 Å². The predicted molar refractivity (Wildman–Crippen MR) is 57.7 cm³/mol. The Morgan fingerprint density at radius 2 is 2.13 bits per heavy atom. The molecule has 78 valence electrons. The summed E-state index contributed by atoms with van der Waals surface area (Å²) in [5.41, 5.74) is 6.83. The van der Waals surface area contributed by atoms with Gasteiger partial charge in [0.05, 0.1) is 5.69 Å². The first-order valence-corrected chi connectivity index (χ1v) is 4.80. The van der Waals surface area contributed by atoms with E-state index in [1.807, 2.05) is 6.92 Å². The fourth-order valence-electron chi connectivity index (χ4n) is 1.56. The van der Waals surface area contributed by atoms with Crippen molar-refractivity contribution in [3.8, 4) is 11.3 Å². The highest BCUT2D eigenvalue weighted by atomic mass is 19.1. The molecule has 1 aromatic carbocycles. The van der Waals surface area contributed by atoms with Gasteiger partial charge in [0.15, 0.2) is 0 Å². The van der Waals surface area contributed by atoms with Crippen LogP contribution in [0.4, 0.5) is 10.2 Å². The van der Waals surface area contributed by atoms with Gasteiger partial charge in [-0.2, -0.15) is 5.10 Å². The first-order chi connectivity index (χ1) is 7.22. The van der Waals surface area contributed by atoms with Crippen molar-refractivity contribution in [2.24, 2.45) is 0 Å². The number of nitrogens with two attached hydrogens (primary N) is 1. The number of benzene rings is 1. The highest BCUT2D eigenvalue weighted by Crippen LogP contribution is 2.24. The molecule has 0 radical (unpaired) electrons. The zero-order valence-corrected chi connectivity index (χ0v) is 8.44. The summed E-state index contributed by atoms with van der Waals surface area (Å²) in [6.07, 6.45) is 0. The number of hydrogen-bond acceptors (Lipinski definition) is 2. The van der Waals surface area contributed by atoms with Crippen LogP contribution in [-0.2, 0) is 6.54 Å². The normalized spacial score (nSPS) is 10.5. The third-order valence-electron chi connectivity index (χ3n) is 2.25. The molecule has 0 atom stereocenters. The lowest BCUT2D eigenvalue weighted by Crippen LogP contribution is -2.00. The molecule has 2 aromatic rings. The van der Waals surface area contributed by atoms with Gasteiger partial charge in [-0.15, -0.1) is 0 Å². The van der Waals surface area contributed by atoms with Crippen LogP contribution in [-0.4, -0.2) is 9.78 Å². The molecule has 0 unspecified atom stereocenters. The summed E-state index contributed by atoms with van der Waals surface area (Å²) in [6, 6.07) is 8.29. The zero-order valence-electron chi connectivity index (χ0n) is 8.44. The van der Waals surface area contributed by atoms with Crippen molar-refractivity contribution in [2.75, 3.05) is 5.73 Å². The van der Waals surface area contributed by atoms with E-state index in [2.05, 4.69) is 5.10 Å². The molecule has 2 N–H and O–H groups in total. The average Bonchev–Trinajstić information content (AvgIpc) is 2.60. The number of halogens is 1. The lowest BCUT2D eigenvalue weighted by Gasteiger charge is -2.04. The molecule has 4 heteroatoms. The van der Waals surface area contributed by atoms with Crippen molar-refractivity contribution in [3.05, 3.63) is 36.1 Å². The molecule has 0 aliphatic heterocycles. The summed E-state index contributed by atoms with van der Waals surface area (Å²) in [5, 5.41) is 4.07. The summed E-state index contributed by atoms with van der Waals surface area (Å²) in [5.74, 6) is 0.155. The highest BCUT2D eigenvalue weighted by Gasteiger charge is 2.10. The van der Waals surface area contributed by atoms with Crippen LogP contribution >= 0.6 is 0 Å². The lowest BCUT2D eigenvalue weighted by atomic mass is 10.1. The minimum absolute atomic E-state index is 0.257. The van der Waals surface area contributed by atoms with E-state index in [4.69, 9.17) is 5.73 Å². The van der Waals surface area contributed by atoms with Gasteiger partial charge < -0.3 is 5.73 Å². The SMILES string of the molecule is CCn1nc(N)cc1-c1ccccc1F. The van der Waals surface area contributed by atoms with Gasteiger partial charge in [-0.05, 0) is 19.1 Å². The van der Waals surface area contributed by atoms with E-state index in [0.29, 0.717) is 23.6 Å². The molecule has 1 aromatic heterocycles. The molecular formula is C11H12FN3. The fraction of sp³-hybridized carbons (Fsp3) is 0.182. The number of nitrogens with zero attached hydrogens (tertiary/aromatic N) is 2. The minimum atomic E-state index is -0.257. The Labute approximate surface area is 87.3 Å². The Kier molecular flexibility index (Phi) is 2.41. The van der Waals surface area contributed by atoms with E-state index < -0.39 is 0 Å². The van der Waals surface area contributed by atoms with Gasteiger partial charge in [-0.1, -0.05) is 12.1 Å². The van der Waals surface area contributed by atoms with Gasteiger partial charge in [-0.3, -0.25) is 4.68 Å². The predicted octanol–water partition coefficient (Wildman–Crippen LogP) is 2.29. The van der Waals surface area contributed by atoms with Crippen molar-refractivity contribution in [2.45, 2.75) is 13.5 Å². The maximum atomic E-state index is 13.5. The number of anilines is 1. The number of aryl methyl sites for hydroxylation is 1. The Balaban J connectivity index is 2.58. The van der Waals surface area contributed by atoms with Gasteiger partial charge in [0.2, 0.25) is 0 Å². The highest BCUT2D eigenvalue weighted by molar-refractivity contribution is 5.63. The molecule has 0 aliphatic rings. The first-order valence-electron chi connectivity index (χ1n) is 4.80. The smallest absolute Gasteiger partial charge is 0.146 e. The molecule has 0 saturated heterocycles. The Morgan fingerprint density at radius 1 is 1.40 bits per heavy atom. The van der Waals surface area contributed by atoms with Gasteiger partial charge >= 0.3 is 0 Å². The maximum absolute atomic E-state index is 13.5. The Bertz CT molecular complexity index is 476. The number of rotatable bonds is 2. The summed E-state index contributed by atoms with van der Waals surface area (Å²) in [7, 11) is 0. The fourth-order valence-corrected chi connectivity index (χ4v) is 1.56. The molecule has 0 bridgehead atoms. The standard InChI is InChI=1S/C11H12FN3/c1-2-15-10(7-11(13)14-15)8-5-3-4-6-9(8)12/h3-7H,2H2,1H3,(H2,13,14). The summed E-state index contributed by atoms with van der Waals surface area (Å²) >= 11 is 0. The van der Waals surface area contributed by atoms with Crippen LogP contribution < -0.4 is 5.73 Å². The second-order valence-corrected chi connectivity index (χ2v) is 3.25. The second-order valence-electron chi connectivity index (χ2n) is 3.25. The third kappa shape index (κ3) is 1.70. The van der Waals surface area contributed by atoms with Crippen molar-refractivity contribution in [3.63, 3.8) is 0 Å². The van der Waals surface area contributed by atoms with Crippen LogP contribution in [0.2, 0.25) is 0 Å². The van der Waals surface area contributed by atoms with Crippen molar-refractivity contribution in [1.82, 2.24) is 9.78 Å². The number of hydrogen-bond donors (Lipinski definition) is 1. The third-order valence-corrected chi connectivity index (χ3v) is 2.25. The van der Waals surface area contributed by atoms with Crippen LogP contribution in [0.1, 0.15) is 6.92 Å². The van der Waals surface area contributed by atoms with Crippen molar-refractivity contribution in [1.29, 1.82) is 0 Å². The molecule has 3 nitrogen and oxygen atoms in total. The summed E-state index contributed by atoms with van der Waals surface area (Å²) < 4.78 is 15.2. The molecule has 2 rings (SSSR count). The molecule has 0 amide bonds. The molecule has 0 saturated carbocycles. The first kappa shape index (κ1) is 9.71. The van der Waals surface area contributed by atoms with Gasteiger partial charge in [-0.25, -0.2) is 4.39 Å². The van der Waals surface area contributed by atoms with E-state index in [1.165, 1.54) is 6.07 Å². The molecular weight excluding hydrogens is 193 g/mol. The lowest BCUT2D eigenvalue weighted by molar-refractivity contribution is 0.622. The summed E-state index contributed by atoms with van der Waals surface area (Å²) in [6.45, 7) is 2.61. The molecule has 15 heavy (non-hydrogen) atoms. The van der Waals surface area contributed by atoms with Crippen molar-refractivity contribution < 1.29 is 4.39 Å². The van der Waals surface area contributed by atoms with Crippen LogP contribution in [0.3, 0.4) is 0 Å². The van der Waals surface area contributed by atoms with E-state index in [1.54, 1.807) is 28.9 Å². The van der Waals surface area contributed by atoms with Crippen LogP contribution in [0.15, 0.2) is 30.3 Å². The van der Waals surface area contributed by atoms with Gasteiger partial charge in [0, 0.05) is 18.2 Å². The minimum Gasteiger partial charge on any atom is -0.382 e. The van der Waals surface area contributed by atoms with Gasteiger partial charge in [0.1, 0.15) is 11.6 Å². The monoisotopic (exact) mass is 205 g/mol. The topological polar surface area (TPSA) is 43.8 Å².